The van der Waals surface area contributed by atoms with Gasteiger partial charge in [-0.15, -0.1) is 0 Å². The number of hydrogen-bond acceptors (Lipinski definition) is 5. The first-order valence-corrected chi connectivity index (χ1v) is 7.24. The van der Waals surface area contributed by atoms with Gasteiger partial charge in [0.15, 0.2) is 5.82 Å². The summed E-state index contributed by atoms with van der Waals surface area (Å²) in [6.07, 6.45) is 6.21. The van der Waals surface area contributed by atoms with E-state index < -0.39 is 0 Å². The zero-order chi connectivity index (χ0) is 13.9. The van der Waals surface area contributed by atoms with Crippen molar-refractivity contribution < 1.29 is 4.52 Å². The fraction of sp³-hybridized carbons (Fsp3) is 0.643. The molecule has 0 unspecified atom stereocenters. The van der Waals surface area contributed by atoms with E-state index in [0.29, 0.717) is 18.4 Å². The van der Waals surface area contributed by atoms with E-state index in [2.05, 4.69) is 34.3 Å². The van der Waals surface area contributed by atoms with Gasteiger partial charge in [-0.1, -0.05) is 19.0 Å². The Kier molecular flexibility index (Phi) is 3.82. The maximum absolute atomic E-state index is 5.25. The molecule has 0 atom stereocenters. The summed E-state index contributed by atoms with van der Waals surface area (Å²) in [5, 5.41) is 7.40. The summed E-state index contributed by atoms with van der Waals surface area (Å²) >= 11 is 0. The van der Waals surface area contributed by atoms with E-state index in [4.69, 9.17) is 4.52 Å². The summed E-state index contributed by atoms with van der Waals surface area (Å²) in [5.74, 6) is 2.68. The van der Waals surface area contributed by atoms with Crippen LogP contribution >= 0.6 is 0 Å². The lowest BCUT2D eigenvalue weighted by atomic mass is 10.2. The quantitative estimate of drug-likeness (QED) is 0.836. The molecule has 2 heterocycles. The van der Waals surface area contributed by atoms with Crippen molar-refractivity contribution in [1.29, 1.82) is 0 Å². The molecular formula is C14H21N5O. The highest BCUT2D eigenvalue weighted by Gasteiger charge is 2.29. The first-order chi connectivity index (χ1) is 9.70. The predicted molar refractivity (Wildman–Crippen MR) is 74.1 cm³/mol. The van der Waals surface area contributed by atoms with Crippen molar-refractivity contribution in [3.63, 3.8) is 0 Å². The number of hydrogen-bond donors (Lipinski definition) is 1. The van der Waals surface area contributed by atoms with E-state index >= 15 is 0 Å². The van der Waals surface area contributed by atoms with Crippen LogP contribution in [0.1, 0.15) is 50.0 Å². The highest BCUT2D eigenvalue weighted by atomic mass is 16.5. The molecule has 0 aromatic carbocycles. The van der Waals surface area contributed by atoms with E-state index in [1.807, 2.05) is 17.1 Å². The second-order valence-corrected chi connectivity index (χ2v) is 5.89. The first kappa shape index (κ1) is 13.3. The van der Waals surface area contributed by atoms with Crippen LogP contribution in [0.3, 0.4) is 0 Å². The lowest BCUT2D eigenvalue weighted by Gasteiger charge is -2.04. The van der Waals surface area contributed by atoms with E-state index in [-0.39, 0.29) is 0 Å². The standard InChI is InChI=1S/C14H21N5O/c1-10(2)5-15-6-12-7-19(9-16-12)8-13-17-14(20-18-13)11-3-4-11/h7,9-11,15H,3-6,8H2,1-2H3. The summed E-state index contributed by atoms with van der Waals surface area (Å²) in [4.78, 5) is 8.80. The molecule has 0 saturated heterocycles. The smallest absolute Gasteiger partial charge is 0.229 e. The van der Waals surface area contributed by atoms with Gasteiger partial charge in [0.2, 0.25) is 5.89 Å². The molecule has 0 aliphatic heterocycles. The van der Waals surface area contributed by atoms with Crippen LogP contribution < -0.4 is 5.32 Å². The molecule has 20 heavy (non-hydrogen) atoms. The molecule has 2 aromatic rings. The summed E-state index contributed by atoms with van der Waals surface area (Å²) < 4.78 is 7.25. The Balaban J connectivity index is 1.53. The van der Waals surface area contributed by atoms with Crippen LogP contribution in [0.15, 0.2) is 17.0 Å². The summed E-state index contributed by atoms with van der Waals surface area (Å²) in [6, 6.07) is 0. The Bertz CT molecular complexity index is 555. The molecule has 0 amide bonds. The SMILES string of the molecule is CC(C)CNCc1cn(Cc2noc(C3CC3)n2)cn1. The van der Waals surface area contributed by atoms with Crippen molar-refractivity contribution in [2.24, 2.45) is 5.92 Å². The predicted octanol–water partition coefficient (Wildman–Crippen LogP) is 1.94. The van der Waals surface area contributed by atoms with Gasteiger partial charge in [-0.3, -0.25) is 0 Å². The van der Waals surface area contributed by atoms with Gasteiger partial charge in [-0.05, 0) is 25.3 Å². The fourth-order valence-corrected chi connectivity index (χ4v) is 2.06. The molecule has 1 fully saturated rings. The van der Waals surface area contributed by atoms with E-state index in [1.165, 1.54) is 12.8 Å². The van der Waals surface area contributed by atoms with Gasteiger partial charge in [0.05, 0.1) is 18.6 Å². The number of aromatic nitrogens is 4. The molecule has 1 saturated carbocycles. The van der Waals surface area contributed by atoms with Gasteiger partial charge < -0.3 is 14.4 Å². The Hall–Kier alpha value is -1.69. The molecule has 1 aliphatic carbocycles. The number of rotatable bonds is 7. The molecule has 3 rings (SSSR count). The molecular weight excluding hydrogens is 254 g/mol. The van der Waals surface area contributed by atoms with Crippen molar-refractivity contribution in [1.82, 2.24) is 25.0 Å². The minimum absolute atomic E-state index is 0.509. The van der Waals surface area contributed by atoms with Gasteiger partial charge in [0, 0.05) is 18.7 Å². The molecule has 6 nitrogen and oxygen atoms in total. The molecule has 0 bridgehead atoms. The lowest BCUT2D eigenvalue weighted by Crippen LogP contribution is -2.19. The van der Waals surface area contributed by atoms with Crippen molar-refractivity contribution in [2.45, 2.75) is 45.7 Å². The van der Waals surface area contributed by atoms with Crippen LogP contribution in [0.2, 0.25) is 0 Å². The molecule has 0 radical (unpaired) electrons. The van der Waals surface area contributed by atoms with Crippen molar-refractivity contribution in [2.75, 3.05) is 6.54 Å². The average Bonchev–Trinajstić information content (AvgIpc) is 3.00. The van der Waals surface area contributed by atoms with Crippen LogP contribution in [0.5, 0.6) is 0 Å². The molecule has 0 spiro atoms. The summed E-state index contributed by atoms with van der Waals surface area (Å²) in [7, 11) is 0. The highest BCUT2D eigenvalue weighted by molar-refractivity contribution is 5.03. The minimum Gasteiger partial charge on any atom is -0.339 e. The van der Waals surface area contributed by atoms with Crippen molar-refractivity contribution >= 4 is 0 Å². The zero-order valence-corrected chi connectivity index (χ0v) is 12.0. The maximum atomic E-state index is 5.25. The van der Waals surface area contributed by atoms with Crippen molar-refractivity contribution in [3.05, 3.63) is 29.9 Å². The molecule has 2 aromatic heterocycles. The Labute approximate surface area is 118 Å². The van der Waals surface area contributed by atoms with Gasteiger partial charge in [-0.2, -0.15) is 4.98 Å². The monoisotopic (exact) mass is 275 g/mol. The Morgan fingerprint density at radius 1 is 1.45 bits per heavy atom. The van der Waals surface area contributed by atoms with Gasteiger partial charge in [-0.25, -0.2) is 4.98 Å². The van der Waals surface area contributed by atoms with E-state index in [1.54, 1.807) is 0 Å². The number of imidazole rings is 1. The second kappa shape index (κ2) is 5.75. The summed E-state index contributed by atoms with van der Waals surface area (Å²) in [5.41, 5.74) is 1.04. The second-order valence-electron chi connectivity index (χ2n) is 5.89. The zero-order valence-electron chi connectivity index (χ0n) is 12.0. The Morgan fingerprint density at radius 3 is 3.05 bits per heavy atom. The van der Waals surface area contributed by atoms with E-state index in [0.717, 1.165) is 30.5 Å². The van der Waals surface area contributed by atoms with E-state index in [9.17, 15) is 0 Å². The third kappa shape index (κ3) is 3.45. The first-order valence-electron chi connectivity index (χ1n) is 7.24. The normalized spacial score (nSPS) is 15.2. The number of nitrogens with zero attached hydrogens (tertiary/aromatic N) is 4. The fourth-order valence-electron chi connectivity index (χ4n) is 2.06. The van der Waals surface area contributed by atoms with Crippen LogP contribution in [0, 0.1) is 5.92 Å². The van der Waals surface area contributed by atoms with Gasteiger partial charge in [0.1, 0.15) is 0 Å². The van der Waals surface area contributed by atoms with Crippen molar-refractivity contribution in [3.8, 4) is 0 Å². The maximum Gasteiger partial charge on any atom is 0.229 e. The Morgan fingerprint density at radius 2 is 2.30 bits per heavy atom. The lowest BCUT2D eigenvalue weighted by molar-refractivity contribution is 0.373. The van der Waals surface area contributed by atoms with Crippen LogP contribution in [-0.2, 0) is 13.1 Å². The van der Waals surface area contributed by atoms with Gasteiger partial charge >= 0.3 is 0 Å². The topological polar surface area (TPSA) is 68.8 Å². The largest absolute Gasteiger partial charge is 0.339 e. The van der Waals surface area contributed by atoms with Crippen LogP contribution in [-0.4, -0.2) is 26.2 Å². The molecule has 6 heteroatoms. The molecule has 108 valence electrons. The molecule has 1 N–H and O–H groups in total. The summed E-state index contributed by atoms with van der Waals surface area (Å²) in [6.45, 7) is 6.80. The van der Waals surface area contributed by atoms with Crippen LogP contribution in [0.4, 0.5) is 0 Å². The third-order valence-electron chi connectivity index (χ3n) is 3.28. The van der Waals surface area contributed by atoms with Crippen LogP contribution in [0.25, 0.3) is 0 Å². The highest BCUT2D eigenvalue weighted by Crippen LogP contribution is 2.38. The third-order valence-corrected chi connectivity index (χ3v) is 3.28. The van der Waals surface area contributed by atoms with Gasteiger partial charge in [0.25, 0.3) is 0 Å². The minimum atomic E-state index is 0.509. The number of nitrogens with one attached hydrogen (secondary N) is 1. The average molecular weight is 275 g/mol. The molecule has 1 aliphatic rings.